The summed E-state index contributed by atoms with van der Waals surface area (Å²) in [6.07, 6.45) is 4.57. The zero-order chi connectivity index (χ0) is 12.1. The Morgan fingerprint density at radius 2 is 1.94 bits per heavy atom. The van der Waals surface area contributed by atoms with Crippen LogP contribution in [0.25, 0.3) is 11.3 Å². The van der Waals surface area contributed by atoms with Crippen LogP contribution in [-0.4, -0.2) is 4.98 Å². The second-order valence-electron chi connectivity index (χ2n) is 4.18. The van der Waals surface area contributed by atoms with Gasteiger partial charge in [-0.1, -0.05) is 50.1 Å². The predicted molar refractivity (Wildman–Crippen MR) is 75.2 cm³/mol. The van der Waals surface area contributed by atoms with Crippen molar-refractivity contribution in [3.8, 4) is 11.3 Å². The molecule has 0 aliphatic heterocycles. The van der Waals surface area contributed by atoms with Crippen molar-refractivity contribution in [3.05, 3.63) is 47.1 Å². The lowest BCUT2D eigenvalue weighted by Gasteiger charge is -2.01. The molecule has 0 amide bonds. The average Bonchev–Trinajstić information content (AvgIpc) is 2.72. The van der Waals surface area contributed by atoms with E-state index in [0.717, 1.165) is 17.8 Å². The van der Waals surface area contributed by atoms with Crippen LogP contribution in [0.2, 0.25) is 0 Å². The number of nitrogens with zero attached hydrogens (tertiary/aromatic N) is 1. The van der Waals surface area contributed by atoms with E-state index in [1.807, 2.05) is 17.4 Å². The van der Waals surface area contributed by atoms with Crippen molar-refractivity contribution in [2.75, 3.05) is 0 Å². The largest absolute Gasteiger partial charge is 0.241 e. The molecule has 0 saturated carbocycles. The molecule has 0 aliphatic carbocycles. The first kappa shape index (κ1) is 12.3. The van der Waals surface area contributed by atoms with Gasteiger partial charge >= 0.3 is 0 Å². The third-order valence-electron chi connectivity index (χ3n) is 2.76. The van der Waals surface area contributed by atoms with Gasteiger partial charge in [-0.3, -0.25) is 0 Å². The fourth-order valence-corrected chi connectivity index (χ4v) is 2.92. The molecule has 0 saturated heterocycles. The summed E-state index contributed by atoms with van der Waals surface area (Å²) < 4.78 is 0. The second-order valence-corrected chi connectivity index (χ2v) is 5.47. The highest BCUT2D eigenvalue weighted by molar-refractivity contribution is 7.12. The minimum absolute atomic E-state index is 1.03. The summed E-state index contributed by atoms with van der Waals surface area (Å²) in [5.74, 6) is 0. The Kier molecular flexibility index (Phi) is 4.32. The lowest BCUT2D eigenvalue weighted by molar-refractivity contribution is 0.752. The van der Waals surface area contributed by atoms with E-state index >= 15 is 0 Å². The molecule has 2 rings (SSSR count). The Bertz CT molecular complexity index is 459. The number of unbranched alkanes of at least 4 members (excludes halogenated alkanes) is 2. The summed E-state index contributed by atoms with van der Waals surface area (Å²) in [6.45, 7) is 5.98. The van der Waals surface area contributed by atoms with Crippen LogP contribution in [0.15, 0.2) is 30.3 Å². The van der Waals surface area contributed by atoms with Gasteiger partial charge in [-0.25, -0.2) is 4.98 Å². The summed E-state index contributed by atoms with van der Waals surface area (Å²) in [4.78, 5) is 6.08. The fraction of sp³-hybridized carbons (Fsp3) is 0.333. The van der Waals surface area contributed by atoms with Crippen molar-refractivity contribution in [1.29, 1.82) is 0 Å². The molecule has 0 aliphatic rings. The summed E-state index contributed by atoms with van der Waals surface area (Å²) >= 11 is 1.83. The molecule has 0 fully saturated rings. The molecule has 1 aromatic heterocycles. The Hall–Kier alpha value is -1.15. The molecule has 1 aromatic carbocycles. The molecule has 1 radical (unpaired) electrons. The Balaban J connectivity index is 2.22. The highest BCUT2D eigenvalue weighted by atomic mass is 32.1. The molecular weight excluding hydrogens is 226 g/mol. The second kappa shape index (κ2) is 5.97. The van der Waals surface area contributed by atoms with Gasteiger partial charge < -0.3 is 0 Å². The van der Waals surface area contributed by atoms with Gasteiger partial charge in [-0.2, -0.15) is 0 Å². The Morgan fingerprint density at radius 1 is 1.18 bits per heavy atom. The molecule has 0 unspecified atom stereocenters. The normalized spacial score (nSPS) is 10.7. The maximum Gasteiger partial charge on any atom is 0.0904 e. The average molecular weight is 244 g/mol. The van der Waals surface area contributed by atoms with E-state index in [9.17, 15) is 0 Å². The Labute approximate surface area is 108 Å². The zero-order valence-corrected chi connectivity index (χ0v) is 11.1. The first-order valence-electron chi connectivity index (χ1n) is 6.12. The van der Waals surface area contributed by atoms with Crippen molar-refractivity contribution < 1.29 is 0 Å². The van der Waals surface area contributed by atoms with E-state index < -0.39 is 0 Å². The molecular formula is C15H18NS. The topological polar surface area (TPSA) is 12.9 Å². The van der Waals surface area contributed by atoms with Crippen LogP contribution in [0.3, 0.4) is 0 Å². The number of benzene rings is 1. The molecule has 1 heterocycles. The molecule has 2 aromatic rings. The van der Waals surface area contributed by atoms with Gasteiger partial charge in [0.25, 0.3) is 0 Å². The lowest BCUT2D eigenvalue weighted by Crippen LogP contribution is -1.86. The molecule has 0 atom stereocenters. The number of rotatable bonds is 5. The van der Waals surface area contributed by atoms with Gasteiger partial charge in [0.2, 0.25) is 0 Å². The van der Waals surface area contributed by atoms with E-state index in [0.29, 0.717) is 0 Å². The van der Waals surface area contributed by atoms with Crippen LogP contribution in [0.5, 0.6) is 0 Å². The highest BCUT2D eigenvalue weighted by Crippen LogP contribution is 2.29. The number of hydrogen-bond acceptors (Lipinski definition) is 2. The maximum absolute atomic E-state index is 4.66. The zero-order valence-electron chi connectivity index (χ0n) is 10.3. The van der Waals surface area contributed by atoms with E-state index in [1.54, 1.807) is 0 Å². The smallest absolute Gasteiger partial charge is 0.0904 e. The van der Waals surface area contributed by atoms with Crippen LogP contribution in [0.4, 0.5) is 0 Å². The highest BCUT2D eigenvalue weighted by Gasteiger charge is 2.10. The summed E-state index contributed by atoms with van der Waals surface area (Å²) in [5.41, 5.74) is 2.42. The van der Waals surface area contributed by atoms with Gasteiger partial charge in [0.05, 0.1) is 10.7 Å². The van der Waals surface area contributed by atoms with Crippen molar-refractivity contribution in [2.24, 2.45) is 0 Å². The Morgan fingerprint density at radius 3 is 2.65 bits per heavy atom. The van der Waals surface area contributed by atoms with E-state index in [-0.39, 0.29) is 0 Å². The molecule has 2 heteroatoms. The minimum atomic E-state index is 1.03. The van der Waals surface area contributed by atoms with Crippen LogP contribution in [0, 0.1) is 13.8 Å². The van der Waals surface area contributed by atoms with Gasteiger partial charge in [-0.05, 0) is 19.8 Å². The first-order valence-corrected chi connectivity index (χ1v) is 6.94. The van der Waals surface area contributed by atoms with Crippen molar-refractivity contribution in [2.45, 2.75) is 32.6 Å². The van der Waals surface area contributed by atoms with Gasteiger partial charge in [0.15, 0.2) is 0 Å². The molecule has 0 N–H and O–H groups in total. The number of thiazole rings is 1. The number of aromatic nitrogens is 1. The molecule has 1 nitrogen and oxygen atoms in total. The van der Waals surface area contributed by atoms with Gasteiger partial charge in [0, 0.05) is 10.4 Å². The summed E-state index contributed by atoms with van der Waals surface area (Å²) in [7, 11) is 0. The number of hydrogen-bond donors (Lipinski definition) is 0. The standard InChI is InChI=1S/C15H18NS/c1-3-4-6-11-14-15(16-12(2)17-14)13-9-7-5-8-10-13/h5,7-10H,1,3-4,6,11H2,2H3. The summed E-state index contributed by atoms with van der Waals surface area (Å²) in [6, 6.07) is 10.5. The van der Waals surface area contributed by atoms with Gasteiger partial charge in [-0.15, -0.1) is 11.3 Å². The monoisotopic (exact) mass is 244 g/mol. The van der Waals surface area contributed by atoms with E-state index in [1.165, 1.54) is 29.0 Å². The molecule has 0 bridgehead atoms. The van der Waals surface area contributed by atoms with E-state index in [2.05, 4.69) is 43.1 Å². The third kappa shape index (κ3) is 3.16. The third-order valence-corrected chi connectivity index (χ3v) is 3.79. The van der Waals surface area contributed by atoms with Crippen molar-refractivity contribution >= 4 is 11.3 Å². The van der Waals surface area contributed by atoms with Crippen LogP contribution >= 0.6 is 11.3 Å². The fourth-order valence-electron chi connectivity index (χ4n) is 1.92. The first-order chi connectivity index (χ1) is 8.31. The predicted octanol–water partition coefficient (Wildman–Crippen LogP) is 4.67. The maximum atomic E-state index is 4.66. The molecule has 89 valence electrons. The van der Waals surface area contributed by atoms with Crippen molar-refractivity contribution in [3.63, 3.8) is 0 Å². The van der Waals surface area contributed by atoms with Gasteiger partial charge in [0.1, 0.15) is 0 Å². The van der Waals surface area contributed by atoms with Crippen molar-refractivity contribution in [1.82, 2.24) is 4.98 Å². The summed E-state index contributed by atoms with van der Waals surface area (Å²) in [5, 5.41) is 1.16. The number of aryl methyl sites for hydroxylation is 2. The van der Waals surface area contributed by atoms with E-state index in [4.69, 9.17) is 0 Å². The van der Waals surface area contributed by atoms with Crippen LogP contribution < -0.4 is 0 Å². The SMILES string of the molecule is [CH2]CCCCc1sc(C)nc1-c1ccccc1. The molecule has 17 heavy (non-hydrogen) atoms. The van der Waals surface area contributed by atoms with Crippen LogP contribution in [0.1, 0.15) is 29.1 Å². The quantitative estimate of drug-likeness (QED) is 0.697. The van der Waals surface area contributed by atoms with Crippen LogP contribution in [-0.2, 0) is 6.42 Å². The molecule has 0 spiro atoms. The minimum Gasteiger partial charge on any atom is -0.241 e. The lowest BCUT2D eigenvalue weighted by atomic mass is 10.1.